The maximum absolute atomic E-state index is 5.63. The summed E-state index contributed by atoms with van der Waals surface area (Å²) < 4.78 is 5.63. The summed E-state index contributed by atoms with van der Waals surface area (Å²) in [6.45, 7) is 15.5. The van der Waals surface area contributed by atoms with Crippen molar-refractivity contribution in [2.45, 2.75) is 60.0 Å². The molecular weight excluding hydrogens is 362 g/mol. The second-order valence-corrected chi connectivity index (χ2v) is 7.42. The van der Waals surface area contributed by atoms with Crippen LogP contribution >= 0.6 is 0 Å². The number of benzene rings is 1. The van der Waals surface area contributed by atoms with Gasteiger partial charge in [0.25, 0.3) is 0 Å². The van der Waals surface area contributed by atoms with E-state index < -0.39 is 0 Å². The third kappa shape index (κ3) is 7.89. The first-order valence-corrected chi connectivity index (χ1v) is 10.8. The molecule has 0 saturated heterocycles. The van der Waals surface area contributed by atoms with Crippen LogP contribution in [0, 0.1) is 6.92 Å². The third-order valence-corrected chi connectivity index (χ3v) is 4.98. The molecule has 0 amide bonds. The van der Waals surface area contributed by atoms with Crippen molar-refractivity contribution >= 4 is 5.96 Å². The molecule has 1 aromatic heterocycles. The van der Waals surface area contributed by atoms with Gasteiger partial charge in [0.1, 0.15) is 12.0 Å². The lowest BCUT2D eigenvalue weighted by molar-refractivity contribution is 0.292. The fraction of sp³-hybridized carbons (Fsp3) is 0.565. The lowest BCUT2D eigenvalue weighted by Crippen LogP contribution is -2.42. The molecule has 1 unspecified atom stereocenters. The highest BCUT2D eigenvalue weighted by molar-refractivity contribution is 5.80. The number of aromatic nitrogens is 1. The molecule has 0 aliphatic carbocycles. The van der Waals surface area contributed by atoms with Gasteiger partial charge in [0.2, 0.25) is 5.89 Å². The van der Waals surface area contributed by atoms with Crippen molar-refractivity contribution in [3.05, 3.63) is 41.8 Å². The van der Waals surface area contributed by atoms with E-state index in [1.54, 1.807) is 6.26 Å². The molecule has 0 radical (unpaired) electrons. The van der Waals surface area contributed by atoms with Crippen LogP contribution in [-0.2, 0) is 6.54 Å². The first kappa shape index (κ1) is 22.9. The van der Waals surface area contributed by atoms with Crippen LogP contribution in [0.3, 0.4) is 0 Å². The number of hydrogen-bond donors (Lipinski definition) is 2. The van der Waals surface area contributed by atoms with Crippen molar-refractivity contribution in [2.24, 2.45) is 4.99 Å². The van der Waals surface area contributed by atoms with Crippen molar-refractivity contribution < 1.29 is 4.42 Å². The van der Waals surface area contributed by atoms with E-state index in [1.807, 2.05) is 12.1 Å². The van der Waals surface area contributed by atoms with Gasteiger partial charge in [0.05, 0.1) is 6.54 Å². The summed E-state index contributed by atoms with van der Waals surface area (Å²) in [5, 5.41) is 6.82. The van der Waals surface area contributed by atoms with Gasteiger partial charge in [0, 0.05) is 18.2 Å². The van der Waals surface area contributed by atoms with E-state index in [0.717, 1.165) is 49.8 Å². The summed E-state index contributed by atoms with van der Waals surface area (Å²) in [4.78, 5) is 11.7. The maximum Gasteiger partial charge on any atom is 0.226 e. The van der Waals surface area contributed by atoms with Crippen molar-refractivity contribution in [3.8, 4) is 11.5 Å². The molecule has 1 aromatic carbocycles. The average molecular weight is 400 g/mol. The van der Waals surface area contributed by atoms with Gasteiger partial charge < -0.3 is 20.0 Å². The van der Waals surface area contributed by atoms with Gasteiger partial charge >= 0.3 is 0 Å². The Morgan fingerprint density at radius 1 is 1.17 bits per heavy atom. The van der Waals surface area contributed by atoms with E-state index in [4.69, 9.17) is 4.42 Å². The Balaban J connectivity index is 1.89. The van der Waals surface area contributed by atoms with E-state index in [9.17, 15) is 0 Å². The molecule has 160 valence electrons. The quantitative estimate of drug-likeness (QED) is 0.438. The van der Waals surface area contributed by atoms with Crippen LogP contribution in [0.2, 0.25) is 0 Å². The lowest BCUT2D eigenvalue weighted by atomic mass is 10.1. The number of rotatable bonds is 11. The number of hydrogen-bond acceptors (Lipinski definition) is 4. The molecule has 2 rings (SSSR count). The van der Waals surface area contributed by atoms with Crippen LogP contribution < -0.4 is 10.6 Å². The third-order valence-electron chi connectivity index (χ3n) is 4.98. The number of guanidine groups is 1. The molecule has 6 nitrogen and oxygen atoms in total. The minimum Gasteiger partial charge on any atom is -0.444 e. The normalized spacial score (nSPS) is 13.0. The summed E-state index contributed by atoms with van der Waals surface area (Å²) in [7, 11) is 0. The Morgan fingerprint density at radius 3 is 2.55 bits per heavy atom. The molecule has 0 saturated carbocycles. The summed E-state index contributed by atoms with van der Waals surface area (Å²) >= 11 is 0. The highest BCUT2D eigenvalue weighted by Gasteiger charge is 2.09. The number of aryl methyl sites for hydroxylation is 1. The molecule has 6 heteroatoms. The van der Waals surface area contributed by atoms with Gasteiger partial charge in [-0.2, -0.15) is 0 Å². The second kappa shape index (κ2) is 12.3. The van der Waals surface area contributed by atoms with Crippen molar-refractivity contribution in [2.75, 3.05) is 26.2 Å². The van der Waals surface area contributed by atoms with E-state index in [-0.39, 0.29) is 0 Å². The molecule has 0 spiro atoms. The topological polar surface area (TPSA) is 65.7 Å². The van der Waals surface area contributed by atoms with Crippen LogP contribution in [0.5, 0.6) is 0 Å². The molecule has 2 aromatic rings. The number of nitrogens with zero attached hydrogens (tertiary/aromatic N) is 3. The van der Waals surface area contributed by atoms with Crippen LogP contribution in [0.15, 0.2) is 39.9 Å². The Morgan fingerprint density at radius 2 is 1.90 bits per heavy atom. The molecule has 2 N–H and O–H groups in total. The molecule has 1 atom stereocenters. The van der Waals surface area contributed by atoms with Crippen molar-refractivity contribution in [3.63, 3.8) is 0 Å². The van der Waals surface area contributed by atoms with Gasteiger partial charge in [0.15, 0.2) is 5.96 Å². The Labute approximate surface area is 175 Å². The number of nitrogens with one attached hydrogen (secondary N) is 2. The first-order valence-electron chi connectivity index (χ1n) is 10.8. The first-order chi connectivity index (χ1) is 14.0. The van der Waals surface area contributed by atoms with E-state index in [2.05, 4.69) is 72.3 Å². The highest BCUT2D eigenvalue weighted by atomic mass is 16.3. The van der Waals surface area contributed by atoms with E-state index >= 15 is 0 Å². The van der Waals surface area contributed by atoms with Crippen molar-refractivity contribution in [1.29, 1.82) is 0 Å². The standard InChI is InChI=1S/C23H37N5O/c1-6-24-23(26-19(5)10-9-15-28(7-2)8-3)25-16-21-17-29-22(27-21)20-13-11-18(4)12-14-20/h11-14,17,19H,6-10,15-16H2,1-5H3,(H2,24,25,26). The van der Waals surface area contributed by atoms with Gasteiger partial charge in [-0.1, -0.05) is 31.5 Å². The number of oxazole rings is 1. The molecule has 1 heterocycles. The average Bonchev–Trinajstić information content (AvgIpc) is 3.19. The SMILES string of the molecule is CCNC(=NCc1coc(-c2ccc(C)cc2)n1)NC(C)CCCN(CC)CC. The summed E-state index contributed by atoms with van der Waals surface area (Å²) in [5.41, 5.74) is 3.03. The van der Waals surface area contributed by atoms with Crippen LogP contribution in [-0.4, -0.2) is 48.1 Å². The maximum atomic E-state index is 5.63. The Bertz CT molecular complexity index is 734. The molecule has 0 aliphatic heterocycles. The minimum absolute atomic E-state index is 0.365. The smallest absolute Gasteiger partial charge is 0.226 e. The zero-order chi connectivity index (χ0) is 21.1. The summed E-state index contributed by atoms with van der Waals surface area (Å²) in [6, 6.07) is 8.54. The van der Waals surface area contributed by atoms with Crippen LogP contribution in [0.25, 0.3) is 11.5 Å². The van der Waals surface area contributed by atoms with Gasteiger partial charge in [-0.15, -0.1) is 0 Å². The van der Waals surface area contributed by atoms with Gasteiger partial charge in [-0.05, 0) is 65.4 Å². The second-order valence-electron chi connectivity index (χ2n) is 7.42. The molecule has 29 heavy (non-hydrogen) atoms. The zero-order valence-corrected chi connectivity index (χ0v) is 18.7. The Hall–Kier alpha value is -2.34. The Kier molecular flexibility index (Phi) is 9.71. The van der Waals surface area contributed by atoms with E-state index in [0.29, 0.717) is 18.5 Å². The fourth-order valence-electron chi connectivity index (χ4n) is 3.15. The molecule has 0 bridgehead atoms. The van der Waals surface area contributed by atoms with Gasteiger partial charge in [-0.3, -0.25) is 0 Å². The molecule has 0 fully saturated rings. The molecular formula is C23H37N5O. The lowest BCUT2D eigenvalue weighted by Gasteiger charge is -2.21. The van der Waals surface area contributed by atoms with Gasteiger partial charge in [-0.25, -0.2) is 9.98 Å². The highest BCUT2D eigenvalue weighted by Crippen LogP contribution is 2.19. The van der Waals surface area contributed by atoms with Crippen LogP contribution in [0.1, 0.15) is 51.8 Å². The number of aliphatic imine (C=N–C) groups is 1. The minimum atomic E-state index is 0.365. The zero-order valence-electron chi connectivity index (χ0n) is 18.7. The summed E-state index contributed by atoms with van der Waals surface area (Å²) in [6.07, 6.45) is 3.98. The van der Waals surface area contributed by atoms with E-state index in [1.165, 1.54) is 12.0 Å². The fourth-order valence-corrected chi connectivity index (χ4v) is 3.15. The van der Waals surface area contributed by atoms with Crippen LogP contribution in [0.4, 0.5) is 0 Å². The predicted octanol–water partition coefficient (Wildman–Crippen LogP) is 4.22. The largest absolute Gasteiger partial charge is 0.444 e. The van der Waals surface area contributed by atoms with Crippen molar-refractivity contribution in [1.82, 2.24) is 20.5 Å². The monoisotopic (exact) mass is 399 g/mol. The predicted molar refractivity (Wildman–Crippen MR) is 121 cm³/mol. The summed E-state index contributed by atoms with van der Waals surface area (Å²) in [5.74, 6) is 1.46. The molecule has 0 aliphatic rings.